The Morgan fingerprint density at radius 3 is 2.58 bits per heavy atom. The lowest BCUT2D eigenvalue weighted by molar-refractivity contribution is -0.119. The first kappa shape index (κ1) is 17.7. The maximum Gasteiger partial charge on any atom is 0.274 e. The third kappa shape index (κ3) is 4.08. The molecule has 1 aromatic carbocycles. The van der Waals surface area contributed by atoms with Gasteiger partial charge in [0.15, 0.2) is 5.69 Å². The number of piperazine rings is 1. The topological polar surface area (TPSA) is 87.7 Å². The molecule has 26 heavy (non-hydrogen) atoms. The summed E-state index contributed by atoms with van der Waals surface area (Å²) in [6.07, 6.45) is 0.809. The molecule has 0 radical (unpaired) electrons. The predicted octanol–water partition coefficient (Wildman–Crippen LogP) is 1.01. The zero-order valence-corrected chi connectivity index (χ0v) is 14.6. The fourth-order valence-corrected chi connectivity index (χ4v) is 2.77. The van der Waals surface area contributed by atoms with Crippen LogP contribution in [-0.2, 0) is 11.3 Å². The number of anilines is 1. The molecule has 2 aromatic rings. The van der Waals surface area contributed by atoms with Crippen LogP contribution in [0.4, 0.5) is 5.82 Å². The molecule has 0 saturated carbocycles. The summed E-state index contributed by atoms with van der Waals surface area (Å²) in [5.74, 6) is 1.21. The highest BCUT2D eigenvalue weighted by Crippen LogP contribution is 2.18. The molecular formula is C18H21N5O3. The Bertz CT molecular complexity index is 758. The quantitative estimate of drug-likeness (QED) is 0.778. The van der Waals surface area contributed by atoms with Crippen LogP contribution in [0, 0.1) is 0 Å². The number of ether oxygens (including phenoxy) is 1. The van der Waals surface area contributed by atoms with Crippen LogP contribution in [0.3, 0.4) is 0 Å². The van der Waals surface area contributed by atoms with Crippen LogP contribution in [0.25, 0.3) is 0 Å². The third-order valence-electron chi connectivity index (χ3n) is 4.29. The highest BCUT2D eigenvalue weighted by molar-refractivity contribution is 5.92. The number of benzene rings is 1. The third-order valence-corrected chi connectivity index (χ3v) is 4.29. The number of methoxy groups -OCH3 is 1. The lowest BCUT2D eigenvalue weighted by Crippen LogP contribution is -2.48. The number of carbonyl (C=O) groups excluding carboxylic acids is 2. The first-order valence-corrected chi connectivity index (χ1v) is 8.39. The fourth-order valence-electron chi connectivity index (χ4n) is 2.77. The number of rotatable bonds is 6. The smallest absolute Gasteiger partial charge is 0.274 e. The van der Waals surface area contributed by atoms with E-state index in [-0.39, 0.29) is 5.91 Å². The Morgan fingerprint density at radius 1 is 1.15 bits per heavy atom. The molecule has 2 amide bonds. The number of aromatic nitrogens is 2. The Hall–Kier alpha value is -3.16. The summed E-state index contributed by atoms with van der Waals surface area (Å²) < 4.78 is 5.32. The maximum atomic E-state index is 12.4. The molecule has 0 spiro atoms. The summed E-state index contributed by atoms with van der Waals surface area (Å²) in [7, 11) is 1.63. The number of nitrogens with one attached hydrogen (secondary N) is 1. The second-order valence-electron chi connectivity index (χ2n) is 5.90. The standard InChI is InChI=1S/C18H21N5O3/c1-26-16-5-3-2-4-14(16)12-19-17-7-6-15(20-21-17)18(25)23-10-8-22(13-24)9-11-23/h2-7,13H,8-12H2,1H3,(H,19,21). The second-order valence-corrected chi connectivity index (χ2v) is 5.90. The second kappa shape index (κ2) is 8.28. The van der Waals surface area contributed by atoms with E-state index in [0.29, 0.717) is 44.2 Å². The molecule has 2 heterocycles. The molecule has 0 atom stereocenters. The summed E-state index contributed by atoms with van der Waals surface area (Å²) in [5, 5.41) is 11.3. The van der Waals surface area contributed by atoms with Gasteiger partial charge in [-0.3, -0.25) is 9.59 Å². The molecule has 1 fully saturated rings. The molecule has 1 aliphatic rings. The van der Waals surface area contributed by atoms with E-state index >= 15 is 0 Å². The highest BCUT2D eigenvalue weighted by atomic mass is 16.5. The molecule has 0 bridgehead atoms. The van der Waals surface area contributed by atoms with Gasteiger partial charge in [0.25, 0.3) is 5.91 Å². The summed E-state index contributed by atoms with van der Waals surface area (Å²) in [4.78, 5) is 26.5. The van der Waals surface area contributed by atoms with Crippen LogP contribution in [0.2, 0.25) is 0 Å². The minimum absolute atomic E-state index is 0.167. The molecule has 3 rings (SSSR count). The maximum absolute atomic E-state index is 12.4. The van der Waals surface area contributed by atoms with Gasteiger partial charge < -0.3 is 19.9 Å². The van der Waals surface area contributed by atoms with Gasteiger partial charge in [0.2, 0.25) is 6.41 Å². The Morgan fingerprint density at radius 2 is 1.92 bits per heavy atom. The van der Waals surface area contributed by atoms with Crippen molar-refractivity contribution in [2.24, 2.45) is 0 Å². The fraction of sp³-hybridized carbons (Fsp3) is 0.333. The van der Waals surface area contributed by atoms with Crippen molar-refractivity contribution in [2.45, 2.75) is 6.54 Å². The van der Waals surface area contributed by atoms with Gasteiger partial charge in [-0.05, 0) is 18.2 Å². The summed E-state index contributed by atoms with van der Waals surface area (Å²) in [6, 6.07) is 11.1. The molecule has 1 saturated heterocycles. The molecule has 0 unspecified atom stereocenters. The number of hydrogen-bond donors (Lipinski definition) is 1. The molecule has 0 aliphatic carbocycles. The lowest BCUT2D eigenvalue weighted by atomic mass is 10.2. The van der Waals surface area contributed by atoms with Crippen molar-refractivity contribution < 1.29 is 14.3 Å². The molecule has 8 heteroatoms. The van der Waals surface area contributed by atoms with Gasteiger partial charge in [-0.25, -0.2) is 0 Å². The predicted molar refractivity (Wildman–Crippen MR) is 95.9 cm³/mol. The van der Waals surface area contributed by atoms with E-state index in [1.807, 2.05) is 24.3 Å². The van der Waals surface area contributed by atoms with Crippen LogP contribution in [0.1, 0.15) is 16.1 Å². The first-order chi connectivity index (χ1) is 12.7. The number of nitrogens with zero attached hydrogens (tertiary/aromatic N) is 4. The van der Waals surface area contributed by atoms with Crippen LogP contribution in [0.5, 0.6) is 5.75 Å². The largest absolute Gasteiger partial charge is 0.496 e. The van der Waals surface area contributed by atoms with E-state index in [0.717, 1.165) is 17.7 Å². The zero-order chi connectivity index (χ0) is 18.4. The van der Waals surface area contributed by atoms with Crippen LogP contribution in [-0.4, -0.2) is 65.6 Å². The Kier molecular flexibility index (Phi) is 5.62. The average Bonchev–Trinajstić information content (AvgIpc) is 2.72. The highest BCUT2D eigenvalue weighted by Gasteiger charge is 2.22. The van der Waals surface area contributed by atoms with E-state index in [1.165, 1.54) is 0 Å². The van der Waals surface area contributed by atoms with E-state index in [1.54, 1.807) is 29.0 Å². The molecule has 1 aromatic heterocycles. The number of amides is 2. The number of carbonyl (C=O) groups is 2. The molecule has 136 valence electrons. The van der Waals surface area contributed by atoms with Gasteiger partial charge in [0.1, 0.15) is 11.6 Å². The van der Waals surface area contributed by atoms with Gasteiger partial charge >= 0.3 is 0 Å². The molecule has 1 aliphatic heterocycles. The minimum atomic E-state index is -0.167. The van der Waals surface area contributed by atoms with Crippen LogP contribution in [0.15, 0.2) is 36.4 Å². The summed E-state index contributed by atoms with van der Waals surface area (Å²) >= 11 is 0. The van der Waals surface area contributed by atoms with Gasteiger partial charge in [0.05, 0.1) is 7.11 Å². The van der Waals surface area contributed by atoms with Gasteiger partial charge in [-0.15, -0.1) is 10.2 Å². The minimum Gasteiger partial charge on any atom is -0.496 e. The number of para-hydroxylation sites is 1. The van der Waals surface area contributed by atoms with Gasteiger partial charge in [-0.1, -0.05) is 18.2 Å². The molecular weight excluding hydrogens is 334 g/mol. The van der Waals surface area contributed by atoms with Crippen molar-refractivity contribution >= 4 is 18.1 Å². The number of hydrogen-bond acceptors (Lipinski definition) is 6. The van der Waals surface area contributed by atoms with Crippen molar-refractivity contribution in [3.63, 3.8) is 0 Å². The van der Waals surface area contributed by atoms with Crippen molar-refractivity contribution in [1.82, 2.24) is 20.0 Å². The van der Waals surface area contributed by atoms with E-state index in [2.05, 4.69) is 15.5 Å². The Labute approximate surface area is 151 Å². The normalized spacial score (nSPS) is 14.0. The monoisotopic (exact) mass is 355 g/mol. The molecule has 1 N–H and O–H groups in total. The first-order valence-electron chi connectivity index (χ1n) is 8.39. The van der Waals surface area contributed by atoms with Gasteiger partial charge in [-0.2, -0.15) is 0 Å². The van der Waals surface area contributed by atoms with Crippen molar-refractivity contribution in [3.8, 4) is 5.75 Å². The molecule has 8 nitrogen and oxygen atoms in total. The Balaban J connectivity index is 1.58. The zero-order valence-electron chi connectivity index (χ0n) is 14.6. The average molecular weight is 355 g/mol. The van der Waals surface area contributed by atoms with Gasteiger partial charge in [0, 0.05) is 38.3 Å². The summed E-state index contributed by atoms with van der Waals surface area (Å²) in [6.45, 7) is 2.64. The summed E-state index contributed by atoms with van der Waals surface area (Å²) in [5.41, 5.74) is 1.30. The SMILES string of the molecule is COc1ccccc1CNc1ccc(C(=O)N2CCN(C=O)CC2)nn1. The van der Waals surface area contributed by atoms with E-state index in [4.69, 9.17) is 4.74 Å². The van der Waals surface area contributed by atoms with E-state index in [9.17, 15) is 9.59 Å². The van der Waals surface area contributed by atoms with Crippen LogP contribution < -0.4 is 10.1 Å². The van der Waals surface area contributed by atoms with Crippen LogP contribution >= 0.6 is 0 Å². The van der Waals surface area contributed by atoms with Crippen molar-refractivity contribution in [1.29, 1.82) is 0 Å². The van der Waals surface area contributed by atoms with Crippen molar-refractivity contribution in [2.75, 3.05) is 38.6 Å². The lowest BCUT2D eigenvalue weighted by Gasteiger charge is -2.32. The van der Waals surface area contributed by atoms with Crippen molar-refractivity contribution in [3.05, 3.63) is 47.7 Å². The van der Waals surface area contributed by atoms with E-state index < -0.39 is 0 Å².